The molecule has 1 amide bonds. The van der Waals surface area contributed by atoms with Crippen molar-refractivity contribution >= 4 is 28.5 Å². The number of carbonyl (C=O) groups is 1. The molecule has 33 heavy (non-hydrogen) atoms. The predicted octanol–water partition coefficient (Wildman–Crippen LogP) is 4.78. The maximum atomic E-state index is 12.5. The summed E-state index contributed by atoms with van der Waals surface area (Å²) in [6.45, 7) is 1.15. The summed E-state index contributed by atoms with van der Waals surface area (Å²) in [4.78, 5) is 12.5. The highest BCUT2D eigenvalue weighted by molar-refractivity contribution is 6.31. The van der Waals surface area contributed by atoms with Gasteiger partial charge >= 0.3 is 12.3 Å². The number of amides is 1. The van der Waals surface area contributed by atoms with E-state index in [1.54, 1.807) is 29.3 Å². The Kier molecular flexibility index (Phi) is 5.79. The van der Waals surface area contributed by atoms with Gasteiger partial charge in [-0.3, -0.25) is 15.0 Å². The zero-order valence-electron chi connectivity index (χ0n) is 17.3. The largest absolute Gasteiger partial charge is 0.522 e. The van der Waals surface area contributed by atoms with Crippen LogP contribution in [0.4, 0.5) is 13.2 Å². The summed E-state index contributed by atoms with van der Waals surface area (Å²) in [5.41, 5.74) is 3.42. The number of nitrogens with zero attached hydrogens (tertiary/aromatic N) is 3. The van der Waals surface area contributed by atoms with Gasteiger partial charge in [-0.15, -0.1) is 23.4 Å². The van der Waals surface area contributed by atoms with Crippen LogP contribution < -0.4 is 5.43 Å². The van der Waals surface area contributed by atoms with Crippen molar-refractivity contribution in [2.24, 2.45) is 0 Å². The second-order valence-electron chi connectivity index (χ2n) is 8.33. The molecule has 12 heteroatoms. The van der Waals surface area contributed by atoms with Crippen molar-refractivity contribution in [3.05, 3.63) is 46.8 Å². The smallest absolute Gasteiger partial charge is 0.451 e. The molecule has 3 aromatic rings. The van der Waals surface area contributed by atoms with Gasteiger partial charge in [-0.25, -0.2) is 5.01 Å². The summed E-state index contributed by atoms with van der Waals surface area (Å²) in [5, 5.41) is 11.2. The number of furan rings is 1. The molecule has 0 bridgehead atoms. The van der Waals surface area contributed by atoms with Gasteiger partial charge in [-0.2, -0.15) is 0 Å². The van der Waals surface area contributed by atoms with Crippen LogP contribution in [0.3, 0.4) is 0 Å². The van der Waals surface area contributed by atoms with Gasteiger partial charge in [0.15, 0.2) is 5.76 Å². The number of nitrogens with one attached hydrogen (secondary N) is 1. The van der Waals surface area contributed by atoms with Crippen molar-refractivity contribution in [2.45, 2.75) is 50.0 Å². The third kappa shape index (κ3) is 4.99. The highest BCUT2D eigenvalue weighted by atomic mass is 35.5. The second kappa shape index (κ2) is 8.62. The average molecular weight is 485 g/mol. The lowest BCUT2D eigenvalue weighted by atomic mass is 9.82. The third-order valence-electron chi connectivity index (χ3n) is 6.01. The fourth-order valence-electron chi connectivity index (χ4n) is 4.19. The maximum absolute atomic E-state index is 12.5. The highest BCUT2D eigenvalue weighted by Gasteiger charge is 2.42. The van der Waals surface area contributed by atoms with E-state index in [1.807, 2.05) is 0 Å². The zero-order valence-corrected chi connectivity index (χ0v) is 18.0. The van der Waals surface area contributed by atoms with Gasteiger partial charge in [0.1, 0.15) is 5.58 Å². The molecule has 1 N–H and O–H groups in total. The minimum Gasteiger partial charge on any atom is -0.451 e. The van der Waals surface area contributed by atoms with Crippen LogP contribution >= 0.6 is 11.6 Å². The number of hydrogen-bond donors (Lipinski definition) is 1. The summed E-state index contributed by atoms with van der Waals surface area (Å²) < 4.78 is 52.1. The highest BCUT2D eigenvalue weighted by Crippen LogP contribution is 2.41. The van der Waals surface area contributed by atoms with E-state index in [9.17, 15) is 18.0 Å². The minimum atomic E-state index is -4.63. The van der Waals surface area contributed by atoms with Gasteiger partial charge in [0.05, 0.1) is 6.10 Å². The summed E-state index contributed by atoms with van der Waals surface area (Å²) in [7, 11) is 0. The lowest BCUT2D eigenvalue weighted by Crippen LogP contribution is -2.46. The number of alkyl halides is 3. The Morgan fingerprint density at radius 2 is 1.79 bits per heavy atom. The van der Waals surface area contributed by atoms with Crippen LogP contribution in [-0.2, 0) is 4.74 Å². The quantitative estimate of drug-likeness (QED) is 0.557. The monoisotopic (exact) mass is 484 g/mol. The van der Waals surface area contributed by atoms with E-state index in [0.29, 0.717) is 48.3 Å². The Morgan fingerprint density at radius 3 is 2.48 bits per heavy atom. The topological polar surface area (TPSA) is 93.6 Å². The maximum Gasteiger partial charge on any atom is 0.522 e. The number of aromatic nitrogens is 2. The number of hydrogen-bond acceptors (Lipinski definition) is 7. The molecule has 1 saturated carbocycles. The Labute approximate surface area is 191 Å². The van der Waals surface area contributed by atoms with Crippen LogP contribution in [0.15, 0.2) is 33.1 Å². The van der Waals surface area contributed by atoms with Crippen molar-refractivity contribution in [3.63, 3.8) is 0 Å². The fraction of sp³-hybridized carbons (Fsp3) is 0.476. The number of fused-ring (bicyclic) bond motifs is 1. The van der Waals surface area contributed by atoms with Gasteiger partial charge in [-0.1, -0.05) is 11.6 Å². The number of hydrazine groups is 1. The molecule has 0 atom stereocenters. The van der Waals surface area contributed by atoms with E-state index >= 15 is 0 Å². The average Bonchev–Trinajstić information content (AvgIpc) is 3.37. The molecular weight excluding hydrogens is 465 g/mol. The number of rotatable bonds is 5. The van der Waals surface area contributed by atoms with Crippen molar-refractivity contribution in [3.8, 4) is 0 Å². The molecule has 0 radical (unpaired) electrons. The molecule has 1 aromatic carbocycles. The van der Waals surface area contributed by atoms with Crippen LogP contribution in [0, 0.1) is 0 Å². The molecule has 3 heterocycles. The molecule has 5 rings (SSSR count). The first-order valence-electron chi connectivity index (χ1n) is 10.6. The molecule has 2 fully saturated rings. The molecule has 0 spiro atoms. The molecule has 2 aromatic heterocycles. The van der Waals surface area contributed by atoms with Crippen LogP contribution in [0.1, 0.15) is 59.9 Å². The van der Waals surface area contributed by atoms with Gasteiger partial charge in [0.25, 0.3) is 0 Å². The normalized spacial score (nSPS) is 22.4. The molecule has 8 nitrogen and oxygen atoms in total. The third-order valence-corrected chi connectivity index (χ3v) is 6.24. The van der Waals surface area contributed by atoms with E-state index < -0.39 is 12.5 Å². The van der Waals surface area contributed by atoms with E-state index in [1.165, 1.54) is 0 Å². The first-order chi connectivity index (χ1) is 15.7. The molecule has 1 saturated heterocycles. The van der Waals surface area contributed by atoms with Gasteiger partial charge in [0, 0.05) is 35.3 Å². The zero-order chi connectivity index (χ0) is 23.2. The molecule has 1 aliphatic heterocycles. The van der Waals surface area contributed by atoms with E-state index in [4.69, 9.17) is 20.4 Å². The SMILES string of the molecule is O=C(NN1CCC(c2nnc(C3CC(OC(F)(F)F)C3)o2)CC1)c1cc2cc(Cl)ccc2o1. The fourth-order valence-corrected chi connectivity index (χ4v) is 4.37. The number of carbonyl (C=O) groups excluding carboxylic acids is 1. The second-order valence-corrected chi connectivity index (χ2v) is 8.76. The van der Waals surface area contributed by atoms with Crippen molar-refractivity contribution < 1.29 is 31.5 Å². The van der Waals surface area contributed by atoms with E-state index in [0.717, 1.165) is 5.39 Å². The van der Waals surface area contributed by atoms with Crippen molar-refractivity contribution in [2.75, 3.05) is 13.1 Å². The Hall–Kier alpha value is -2.63. The van der Waals surface area contributed by atoms with E-state index in [-0.39, 0.29) is 36.3 Å². The minimum absolute atomic E-state index is 0.0232. The van der Waals surface area contributed by atoms with Crippen LogP contribution in [-0.4, -0.2) is 46.7 Å². The number of halogens is 4. The summed E-state index contributed by atoms with van der Waals surface area (Å²) in [6.07, 6.45) is -3.71. The van der Waals surface area contributed by atoms with Crippen LogP contribution in [0.5, 0.6) is 0 Å². The molecule has 0 unspecified atom stereocenters. The van der Waals surface area contributed by atoms with Crippen molar-refractivity contribution in [1.82, 2.24) is 20.6 Å². The van der Waals surface area contributed by atoms with Gasteiger partial charge < -0.3 is 8.83 Å². The lowest BCUT2D eigenvalue weighted by Gasteiger charge is -2.33. The predicted molar refractivity (Wildman–Crippen MR) is 109 cm³/mol. The molecule has 176 valence electrons. The van der Waals surface area contributed by atoms with Crippen molar-refractivity contribution in [1.29, 1.82) is 0 Å². The Morgan fingerprint density at radius 1 is 1.09 bits per heavy atom. The Balaban J connectivity index is 1.11. The summed E-state index contributed by atoms with van der Waals surface area (Å²) in [6, 6.07) is 6.79. The number of piperidine rings is 1. The van der Waals surface area contributed by atoms with Crippen LogP contribution in [0.2, 0.25) is 5.02 Å². The van der Waals surface area contributed by atoms with Gasteiger partial charge in [0.2, 0.25) is 11.8 Å². The standard InChI is InChI=1S/C21H20ClF3N4O4/c22-14-1-2-16-12(7-14)10-17(31-16)18(30)28-29-5-3-11(4-6-29)19-26-27-20(32-19)13-8-15(9-13)33-21(23,24)25/h1-2,7,10-11,13,15H,3-6,8-9H2,(H,28,30). The summed E-state index contributed by atoms with van der Waals surface area (Å²) in [5.74, 6) is 0.496. The Bertz CT molecular complexity index is 1150. The van der Waals surface area contributed by atoms with E-state index in [2.05, 4.69) is 20.4 Å². The number of ether oxygens (including phenoxy) is 1. The first-order valence-corrected chi connectivity index (χ1v) is 10.9. The first kappa shape index (κ1) is 22.2. The summed E-state index contributed by atoms with van der Waals surface area (Å²) >= 11 is 5.97. The molecule has 2 aliphatic rings. The van der Waals surface area contributed by atoms with Crippen LogP contribution in [0.25, 0.3) is 11.0 Å². The molecule has 1 aliphatic carbocycles. The van der Waals surface area contributed by atoms with Gasteiger partial charge in [-0.05, 0) is 49.9 Å². The molecular formula is C21H20ClF3N4O4. The lowest BCUT2D eigenvalue weighted by molar-refractivity contribution is -0.352. The number of benzene rings is 1.